The first-order valence-corrected chi connectivity index (χ1v) is 7.35. The average Bonchev–Trinajstić information content (AvgIpc) is 3.05. The molecule has 0 aromatic heterocycles. The summed E-state index contributed by atoms with van der Waals surface area (Å²) in [6, 6.07) is 3.58. The molecular formula is C16H23NO5. The minimum absolute atomic E-state index is 0.0685. The average molecular weight is 309 g/mol. The van der Waals surface area contributed by atoms with Gasteiger partial charge in [-0.25, -0.2) is 0 Å². The zero-order valence-corrected chi connectivity index (χ0v) is 13.3. The summed E-state index contributed by atoms with van der Waals surface area (Å²) in [5, 5.41) is 2.90. The first-order valence-electron chi connectivity index (χ1n) is 7.35. The fourth-order valence-corrected chi connectivity index (χ4v) is 2.57. The molecule has 1 amide bonds. The molecule has 1 aliphatic rings. The van der Waals surface area contributed by atoms with E-state index in [0.717, 1.165) is 25.0 Å². The van der Waals surface area contributed by atoms with Crippen LogP contribution in [-0.2, 0) is 16.0 Å². The summed E-state index contributed by atoms with van der Waals surface area (Å²) in [5.74, 6) is 1.52. The van der Waals surface area contributed by atoms with E-state index in [-0.39, 0.29) is 18.4 Å². The number of carbonyl (C=O) groups is 1. The molecule has 2 rings (SSSR count). The second kappa shape index (κ2) is 7.89. The predicted molar refractivity (Wildman–Crippen MR) is 81.8 cm³/mol. The number of ether oxygens (including phenoxy) is 4. The number of methoxy groups -OCH3 is 3. The largest absolute Gasteiger partial charge is 0.493 e. The summed E-state index contributed by atoms with van der Waals surface area (Å²) in [6.45, 7) is 1.33. The number of hydrogen-bond acceptors (Lipinski definition) is 5. The molecule has 122 valence electrons. The lowest BCUT2D eigenvalue weighted by molar-refractivity contribution is -0.120. The van der Waals surface area contributed by atoms with Crippen molar-refractivity contribution in [1.82, 2.24) is 5.32 Å². The molecule has 1 atom stereocenters. The topological polar surface area (TPSA) is 66.0 Å². The summed E-state index contributed by atoms with van der Waals surface area (Å²) in [4.78, 5) is 12.1. The van der Waals surface area contributed by atoms with E-state index in [0.29, 0.717) is 23.8 Å². The van der Waals surface area contributed by atoms with Crippen molar-refractivity contribution >= 4 is 5.91 Å². The zero-order valence-electron chi connectivity index (χ0n) is 13.3. The van der Waals surface area contributed by atoms with E-state index in [4.69, 9.17) is 18.9 Å². The summed E-state index contributed by atoms with van der Waals surface area (Å²) in [6.07, 6.45) is 2.41. The molecule has 1 unspecified atom stereocenters. The van der Waals surface area contributed by atoms with Gasteiger partial charge in [-0.05, 0) is 18.9 Å². The molecule has 0 radical (unpaired) electrons. The van der Waals surface area contributed by atoms with Crippen molar-refractivity contribution in [2.75, 3.05) is 34.5 Å². The van der Waals surface area contributed by atoms with Gasteiger partial charge in [0.25, 0.3) is 0 Å². The minimum Gasteiger partial charge on any atom is -0.493 e. The van der Waals surface area contributed by atoms with E-state index in [1.807, 2.05) is 6.07 Å². The summed E-state index contributed by atoms with van der Waals surface area (Å²) >= 11 is 0. The van der Waals surface area contributed by atoms with Gasteiger partial charge in [0.15, 0.2) is 11.5 Å². The van der Waals surface area contributed by atoms with Crippen LogP contribution in [0.2, 0.25) is 0 Å². The van der Waals surface area contributed by atoms with Gasteiger partial charge in [-0.15, -0.1) is 0 Å². The van der Waals surface area contributed by atoms with Crippen LogP contribution in [0.1, 0.15) is 18.4 Å². The Morgan fingerprint density at radius 2 is 2.00 bits per heavy atom. The van der Waals surface area contributed by atoms with Crippen molar-refractivity contribution in [3.8, 4) is 17.2 Å². The van der Waals surface area contributed by atoms with Gasteiger partial charge in [-0.3, -0.25) is 4.79 Å². The first-order chi connectivity index (χ1) is 10.7. The van der Waals surface area contributed by atoms with Crippen LogP contribution in [0.15, 0.2) is 12.1 Å². The lowest BCUT2D eigenvalue weighted by Gasteiger charge is -2.16. The monoisotopic (exact) mass is 309 g/mol. The van der Waals surface area contributed by atoms with E-state index in [2.05, 4.69) is 5.32 Å². The Morgan fingerprint density at radius 1 is 1.23 bits per heavy atom. The van der Waals surface area contributed by atoms with Gasteiger partial charge in [0.2, 0.25) is 11.7 Å². The number of carbonyl (C=O) groups excluding carboxylic acids is 1. The highest BCUT2D eigenvalue weighted by Crippen LogP contribution is 2.39. The van der Waals surface area contributed by atoms with Crippen molar-refractivity contribution in [3.63, 3.8) is 0 Å². The number of rotatable bonds is 7. The maximum absolute atomic E-state index is 12.1. The Morgan fingerprint density at radius 3 is 2.59 bits per heavy atom. The van der Waals surface area contributed by atoms with Crippen LogP contribution in [-0.4, -0.2) is 46.5 Å². The van der Waals surface area contributed by atoms with Crippen LogP contribution in [0.5, 0.6) is 17.2 Å². The third-order valence-corrected chi connectivity index (χ3v) is 3.69. The minimum atomic E-state index is -0.0685. The summed E-state index contributed by atoms with van der Waals surface area (Å²) in [7, 11) is 4.65. The maximum atomic E-state index is 12.1. The highest BCUT2D eigenvalue weighted by molar-refractivity contribution is 5.80. The second-order valence-corrected chi connectivity index (χ2v) is 5.11. The molecule has 1 saturated heterocycles. The third kappa shape index (κ3) is 3.82. The highest BCUT2D eigenvalue weighted by Gasteiger charge is 2.19. The van der Waals surface area contributed by atoms with Crippen molar-refractivity contribution in [1.29, 1.82) is 0 Å². The molecule has 22 heavy (non-hydrogen) atoms. The van der Waals surface area contributed by atoms with Gasteiger partial charge in [-0.1, -0.05) is 6.07 Å². The van der Waals surface area contributed by atoms with Crippen LogP contribution in [0.4, 0.5) is 0 Å². The van der Waals surface area contributed by atoms with Crippen molar-refractivity contribution in [3.05, 3.63) is 17.7 Å². The Labute approximate surface area is 130 Å². The van der Waals surface area contributed by atoms with E-state index in [9.17, 15) is 4.79 Å². The molecule has 1 N–H and O–H groups in total. The summed E-state index contributed by atoms with van der Waals surface area (Å²) in [5.41, 5.74) is 0.755. The maximum Gasteiger partial charge on any atom is 0.224 e. The third-order valence-electron chi connectivity index (χ3n) is 3.69. The molecule has 1 aliphatic heterocycles. The van der Waals surface area contributed by atoms with E-state index in [1.165, 1.54) is 0 Å². The van der Waals surface area contributed by atoms with Crippen LogP contribution in [0.25, 0.3) is 0 Å². The quantitative estimate of drug-likeness (QED) is 0.828. The van der Waals surface area contributed by atoms with Crippen molar-refractivity contribution < 1.29 is 23.7 Å². The number of hydrogen-bond donors (Lipinski definition) is 1. The molecule has 0 spiro atoms. The van der Waals surface area contributed by atoms with Gasteiger partial charge in [0.1, 0.15) is 0 Å². The molecule has 1 heterocycles. The molecule has 1 aromatic rings. The first kappa shape index (κ1) is 16.4. The fourth-order valence-electron chi connectivity index (χ4n) is 2.57. The Bertz CT molecular complexity index is 512. The molecule has 1 aromatic carbocycles. The lowest BCUT2D eigenvalue weighted by Crippen LogP contribution is -2.32. The van der Waals surface area contributed by atoms with Crippen LogP contribution in [0.3, 0.4) is 0 Å². The molecule has 1 fully saturated rings. The van der Waals surface area contributed by atoms with Gasteiger partial charge < -0.3 is 24.3 Å². The molecular weight excluding hydrogens is 286 g/mol. The number of benzene rings is 1. The lowest BCUT2D eigenvalue weighted by atomic mass is 10.1. The van der Waals surface area contributed by atoms with Crippen molar-refractivity contribution in [2.45, 2.75) is 25.4 Å². The molecule has 0 aliphatic carbocycles. The van der Waals surface area contributed by atoms with Gasteiger partial charge in [-0.2, -0.15) is 0 Å². The van der Waals surface area contributed by atoms with Gasteiger partial charge in [0.05, 0.1) is 33.9 Å². The summed E-state index contributed by atoms with van der Waals surface area (Å²) < 4.78 is 21.4. The Balaban J connectivity index is 2.03. The molecule has 6 heteroatoms. The Hall–Kier alpha value is -1.95. The standard InChI is InChI=1S/C16H23NO5/c1-19-13-7-6-11(15(20-2)16(13)21-3)9-14(18)17-10-12-5-4-8-22-12/h6-7,12H,4-5,8-10H2,1-3H3,(H,17,18). The number of amides is 1. The van der Waals surface area contributed by atoms with Crippen LogP contribution >= 0.6 is 0 Å². The van der Waals surface area contributed by atoms with Crippen LogP contribution < -0.4 is 19.5 Å². The second-order valence-electron chi connectivity index (χ2n) is 5.11. The van der Waals surface area contributed by atoms with Crippen LogP contribution in [0, 0.1) is 0 Å². The molecule has 0 saturated carbocycles. The fraction of sp³-hybridized carbons (Fsp3) is 0.562. The normalized spacial score (nSPS) is 17.1. The predicted octanol–water partition coefficient (Wildman–Crippen LogP) is 1.55. The van der Waals surface area contributed by atoms with Gasteiger partial charge >= 0.3 is 0 Å². The molecule has 6 nitrogen and oxygen atoms in total. The zero-order chi connectivity index (χ0) is 15.9. The highest BCUT2D eigenvalue weighted by atomic mass is 16.5. The Kier molecular flexibility index (Phi) is 5.89. The number of nitrogens with one attached hydrogen (secondary N) is 1. The smallest absolute Gasteiger partial charge is 0.224 e. The SMILES string of the molecule is COc1ccc(CC(=O)NCC2CCCO2)c(OC)c1OC. The van der Waals surface area contributed by atoms with E-state index < -0.39 is 0 Å². The van der Waals surface area contributed by atoms with Gasteiger partial charge in [0, 0.05) is 18.7 Å². The molecule has 0 bridgehead atoms. The van der Waals surface area contributed by atoms with E-state index >= 15 is 0 Å². The van der Waals surface area contributed by atoms with E-state index in [1.54, 1.807) is 27.4 Å². The van der Waals surface area contributed by atoms with Crippen molar-refractivity contribution in [2.24, 2.45) is 0 Å².